The monoisotopic (exact) mass is 338 g/mol. The maximum atomic E-state index is 9.32. The Morgan fingerprint density at radius 1 is 0.375 bits per heavy atom. The maximum Gasteiger partial charge on any atom is 0.178 e. The van der Waals surface area contributed by atoms with Crippen LogP contribution in [-0.2, 0) is 0 Å². The van der Waals surface area contributed by atoms with Gasteiger partial charge in [0.2, 0.25) is 0 Å². The van der Waals surface area contributed by atoms with Gasteiger partial charge in [-0.1, -0.05) is 0 Å². The fourth-order valence-corrected chi connectivity index (χ4v) is 2.28. The highest BCUT2D eigenvalue weighted by Gasteiger charge is 2.15. The van der Waals surface area contributed by atoms with E-state index < -0.39 is 25.2 Å². The first-order valence-corrected chi connectivity index (χ1v) is 6.93. The number of rotatable bonds is 5. The molecule has 0 aliphatic carbocycles. The summed E-state index contributed by atoms with van der Waals surface area (Å²) in [5.41, 5.74) is 0.503. The van der Waals surface area contributed by atoms with Gasteiger partial charge in [0.15, 0.2) is 25.2 Å². The highest BCUT2D eigenvalue weighted by Crippen LogP contribution is 2.30. The second-order valence-corrected chi connectivity index (χ2v) is 5.27. The van der Waals surface area contributed by atoms with Crippen LogP contribution in [0.4, 0.5) is 0 Å². The van der Waals surface area contributed by atoms with Crippen molar-refractivity contribution in [1.82, 2.24) is 0 Å². The number of aliphatic hydroxyl groups is 8. The molecule has 0 saturated carbocycles. The summed E-state index contributed by atoms with van der Waals surface area (Å²) in [6.45, 7) is 0. The molecule has 0 radical (unpaired) electrons. The van der Waals surface area contributed by atoms with Gasteiger partial charge in [-0.15, -0.1) is 0 Å². The Morgan fingerprint density at radius 3 is 0.750 bits per heavy atom. The van der Waals surface area contributed by atoms with Crippen LogP contribution in [0.2, 0.25) is 0 Å². The summed E-state index contributed by atoms with van der Waals surface area (Å²) in [6.07, 6.45) is -7.46. The van der Waals surface area contributed by atoms with E-state index >= 15 is 0 Å². The number of aliphatic hydroxyl groups excluding tert-OH is 4. The molecule has 130 valence electrons. The molecular weight excluding hydrogens is 320 g/mol. The number of benzene rings is 2. The first kappa shape index (κ1) is 18.5. The van der Waals surface area contributed by atoms with Crippen molar-refractivity contribution in [1.29, 1.82) is 0 Å². The molecule has 0 aromatic heterocycles. The average Bonchev–Trinajstić information content (AvgIpc) is 2.53. The van der Waals surface area contributed by atoms with Crippen LogP contribution in [-0.4, -0.2) is 40.9 Å². The van der Waals surface area contributed by atoms with Gasteiger partial charge >= 0.3 is 0 Å². The Balaban J connectivity index is 2.65. The van der Waals surface area contributed by atoms with E-state index in [9.17, 15) is 40.9 Å². The van der Waals surface area contributed by atoms with E-state index in [4.69, 9.17) is 0 Å². The van der Waals surface area contributed by atoms with Crippen LogP contribution < -0.4 is 0 Å². The van der Waals surface area contributed by atoms with Gasteiger partial charge in [0.25, 0.3) is 0 Å². The minimum absolute atomic E-state index is 0.0170. The Labute approximate surface area is 136 Å². The van der Waals surface area contributed by atoms with Gasteiger partial charge in [-0.25, -0.2) is 0 Å². The predicted molar refractivity (Wildman–Crippen MR) is 80.6 cm³/mol. The molecular formula is C16H18O8. The van der Waals surface area contributed by atoms with Crippen LogP contribution in [0.3, 0.4) is 0 Å². The van der Waals surface area contributed by atoms with E-state index in [2.05, 4.69) is 0 Å². The third kappa shape index (κ3) is 4.15. The average molecular weight is 338 g/mol. The summed E-state index contributed by atoms with van der Waals surface area (Å²) >= 11 is 0. The molecule has 2 rings (SSSR count). The Hall–Kier alpha value is -1.88. The van der Waals surface area contributed by atoms with E-state index in [1.54, 1.807) is 0 Å². The van der Waals surface area contributed by atoms with Crippen LogP contribution >= 0.6 is 0 Å². The van der Waals surface area contributed by atoms with Gasteiger partial charge in [0, 0.05) is 22.3 Å². The Bertz CT molecular complexity index is 595. The van der Waals surface area contributed by atoms with Crippen LogP contribution in [0.1, 0.15) is 47.4 Å². The quantitative estimate of drug-likeness (QED) is 0.331. The van der Waals surface area contributed by atoms with Crippen LogP contribution in [0, 0.1) is 0 Å². The van der Waals surface area contributed by atoms with Crippen molar-refractivity contribution in [3.8, 4) is 11.1 Å². The summed E-state index contributed by atoms with van der Waals surface area (Å²) in [5.74, 6) is 0. The molecule has 0 fully saturated rings. The second kappa shape index (κ2) is 7.34. The third-order valence-corrected chi connectivity index (χ3v) is 3.48. The van der Waals surface area contributed by atoms with Gasteiger partial charge in [-0.2, -0.15) is 0 Å². The zero-order valence-electron chi connectivity index (χ0n) is 12.4. The molecule has 0 atom stereocenters. The molecule has 0 heterocycles. The van der Waals surface area contributed by atoms with Gasteiger partial charge in [-0.3, -0.25) is 0 Å². The lowest BCUT2D eigenvalue weighted by atomic mass is 9.95. The molecule has 0 aliphatic heterocycles. The van der Waals surface area contributed by atoms with Crippen molar-refractivity contribution in [2.75, 3.05) is 0 Å². The van der Waals surface area contributed by atoms with Gasteiger partial charge in [-0.05, 0) is 47.5 Å². The normalized spacial score (nSPS) is 12.0. The van der Waals surface area contributed by atoms with Crippen molar-refractivity contribution in [3.05, 3.63) is 58.7 Å². The van der Waals surface area contributed by atoms with E-state index in [0.717, 1.165) is 0 Å². The van der Waals surface area contributed by atoms with Gasteiger partial charge < -0.3 is 40.9 Å². The highest BCUT2D eigenvalue weighted by atomic mass is 16.5. The summed E-state index contributed by atoms with van der Waals surface area (Å²) < 4.78 is 0. The van der Waals surface area contributed by atoms with E-state index in [1.165, 1.54) is 36.4 Å². The van der Waals surface area contributed by atoms with Crippen molar-refractivity contribution in [2.45, 2.75) is 25.2 Å². The Morgan fingerprint density at radius 2 is 0.583 bits per heavy atom. The standard InChI is InChI=1S/C16H18O8/c17-13(18)9-1-7(2-10(5-9)14(19)20)8-3-11(15(21)22)6-12(4-8)16(23)24/h1-6,13-24H. The maximum absolute atomic E-state index is 9.32. The molecule has 0 amide bonds. The molecule has 2 aromatic rings. The van der Waals surface area contributed by atoms with Crippen LogP contribution in [0.15, 0.2) is 36.4 Å². The lowest BCUT2D eigenvalue weighted by Crippen LogP contribution is -2.03. The highest BCUT2D eigenvalue weighted by molar-refractivity contribution is 5.67. The fourth-order valence-electron chi connectivity index (χ4n) is 2.28. The van der Waals surface area contributed by atoms with Crippen LogP contribution in [0.5, 0.6) is 0 Å². The molecule has 0 saturated heterocycles. The third-order valence-electron chi connectivity index (χ3n) is 3.48. The number of hydrogen-bond donors (Lipinski definition) is 8. The molecule has 0 aliphatic rings. The second-order valence-electron chi connectivity index (χ2n) is 5.27. The molecule has 0 spiro atoms. The largest absolute Gasteiger partial charge is 0.364 e. The van der Waals surface area contributed by atoms with E-state index in [-0.39, 0.29) is 33.4 Å². The summed E-state index contributed by atoms with van der Waals surface area (Å²) in [4.78, 5) is 0. The lowest BCUT2D eigenvalue weighted by molar-refractivity contribution is -0.0487. The summed E-state index contributed by atoms with van der Waals surface area (Å²) in [7, 11) is 0. The van der Waals surface area contributed by atoms with Gasteiger partial charge in [0.05, 0.1) is 0 Å². The molecule has 8 heteroatoms. The summed E-state index contributed by atoms with van der Waals surface area (Å²) in [6, 6.07) is 7.73. The molecule has 2 aromatic carbocycles. The lowest BCUT2D eigenvalue weighted by Gasteiger charge is -2.15. The summed E-state index contributed by atoms with van der Waals surface area (Å²) in [5, 5.41) is 74.6. The SMILES string of the molecule is OC(O)c1cc(-c2cc(C(O)O)cc(C(O)O)c2)cc(C(O)O)c1. The van der Waals surface area contributed by atoms with Crippen molar-refractivity contribution in [2.24, 2.45) is 0 Å². The molecule has 8 nitrogen and oxygen atoms in total. The van der Waals surface area contributed by atoms with Crippen molar-refractivity contribution < 1.29 is 40.9 Å². The zero-order chi connectivity index (χ0) is 18.0. The first-order valence-electron chi connectivity index (χ1n) is 6.93. The van der Waals surface area contributed by atoms with Gasteiger partial charge in [0.1, 0.15) is 0 Å². The van der Waals surface area contributed by atoms with Crippen molar-refractivity contribution in [3.63, 3.8) is 0 Å². The first-order chi connectivity index (χ1) is 11.2. The molecule has 0 bridgehead atoms. The molecule has 0 unspecified atom stereocenters. The van der Waals surface area contributed by atoms with E-state index in [0.29, 0.717) is 0 Å². The number of hydrogen-bond acceptors (Lipinski definition) is 8. The fraction of sp³-hybridized carbons (Fsp3) is 0.250. The van der Waals surface area contributed by atoms with Crippen molar-refractivity contribution >= 4 is 0 Å². The minimum atomic E-state index is -1.86. The Kier molecular flexibility index (Phi) is 5.65. The van der Waals surface area contributed by atoms with E-state index in [1.807, 2.05) is 0 Å². The minimum Gasteiger partial charge on any atom is -0.364 e. The van der Waals surface area contributed by atoms with Crippen LogP contribution in [0.25, 0.3) is 11.1 Å². The molecule has 8 N–H and O–H groups in total. The predicted octanol–water partition coefficient (Wildman–Crippen LogP) is -0.714. The zero-order valence-corrected chi connectivity index (χ0v) is 12.4. The topological polar surface area (TPSA) is 162 Å². The smallest absolute Gasteiger partial charge is 0.178 e. The molecule has 24 heavy (non-hydrogen) atoms.